The van der Waals surface area contributed by atoms with Crippen LogP contribution in [0.25, 0.3) is 0 Å². The van der Waals surface area contributed by atoms with Crippen molar-refractivity contribution >= 4 is 11.8 Å². The average molecular weight is 238 g/mol. The summed E-state index contributed by atoms with van der Waals surface area (Å²) in [5.41, 5.74) is 0. The molecule has 1 saturated carbocycles. The number of carbonyl (C=O) groups is 2. The second-order valence-electron chi connectivity index (χ2n) is 5.16. The number of hydrogen-bond acceptors (Lipinski definition) is 2. The maximum atomic E-state index is 11.9. The zero-order chi connectivity index (χ0) is 12.1. The second-order valence-corrected chi connectivity index (χ2v) is 5.16. The van der Waals surface area contributed by atoms with E-state index in [0.717, 1.165) is 38.8 Å². The topological polar surface area (TPSA) is 49.4 Å². The third-order valence-corrected chi connectivity index (χ3v) is 3.78. The zero-order valence-corrected chi connectivity index (χ0v) is 10.4. The number of nitrogens with one attached hydrogen (secondary N) is 1. The van der Waals surface area contributed by atoms with Crippen molar-refractivity contribution in [2.75, 3.05) is 13.1 Å². The summed E-state index contributed by atoms with van der Waals surface area (Å²) in [7, 11) is 0. The molecule has 0 aromatic rings. The van der Waals surface area contributed by atoms with Crippen LogP contribution in [0.4, 0.5) is 0 Å². The van der Waals surface area contributed by atoms with E-state index in [9.17, 15) is 9.59 Å². The highest BCUT2D eigenvalue weighted by Crippen LogP contribution is 2.17. The minimum Gasteiger partial charge on any atom is -0.345 e. The van der Waals surface area contributed by atoms with Gasteiger partial charge in [0.1, 0.15) is 0 Å². The molecule has 0 spiro atoms. The molecule has 4 nitrogen and oxygen atoms in total. The number of carbonyl (C=O) groups excluding carboxylic acids is 2. The maximum Gasteiger partial charge on any atom is 0.311 e. The molecule has 17 heavy (non-hydrogen) atoms. The predicted octanol–water partition coefficient (Wildman–Crippen LogP) is 1.45. The summed E-state index contributed by atoms with van der Waals surface area (Å²) >= 11 is 0. The highest BCUT2D eigenvalue weighted by atomic mass is 16.2. The molecule has 0 aromatic heterocycles. The van der Waals surface area contributed by atoms with Gasteiger partial charge in [0.25, 0.3) is 0 Å². The molecular weight excluding hydrogens is 216 g/mol. The van der Waals surface area contributed by atoms with Gasteiger partial charge in [-0.2, -0.15) is 0 Å². The van der Waals surface area contributed by atoms with Crippen LogP contribution in [0.1, 0.15) is 51.4 Å². The van der Waals surface area contributed by atoms with E-state index in [-0.39, 0.29) is 17.9 Å². The first-order valence-corrected chi connectivity index (χ1v) is 6.87. The molecule has 2 aliphatic rings. The summed E-state index contributed by atoms with van der Waals surface area (Å²) < 4.78 is 0. The molecule has 1 heterocycles. The van der Waals surface area contributed by atoms with Crippen molar-refractivity contribution in [3.8, 4) is 0 Å². The Bertz CT molecular complexity index is 279. The number of nitrogens with zero attached hydrogens (tertiary/aromatic N) is 1. The molecule has 96 valence electrons. The lowest BCUT2D eigenvalue weighted by Gasteiger charge is -2.28. The van der Waals surface area contributed by atoms with Crippen LogP contribution >= 0.6 is 0 Å². The van der Waals surface area contributed by atoms with Crippen LogP contribution in [0, 0.1) is 0 Å². The molecule has 1 aliphatic heterocycles. The first-order valence-electron chi connectivity index (χ1n) is 6.87. The largest absolute Gasteiger partial charge is 0.345 e. The predicted molar refractivity (Wildman–Crippen MR) is 65.4 cm³/mol. The Morgan fingerprint density at radius 3 is 2.12 bits per heavy atom. The summed E-state index contributed by atoms with van der Waals surface area (Å²) in [5, 5.41) is 2.89. The zero-order valence-electron chi connectivity index (χ0n) is 10.4. The van der Waals surface area contributed by atoms with Gasteiger partial charge in [-0.25, -0.2) is 0 Å². The van der Waals surface area contributed by atoms with Crippen LogP contribution in [-0.4, -0.2) is 35.8 Å². The monoisotopic (exact) mass is 238 g/mol. The van der Waals surface area contributed by atoms with Gasteiger partial charge in [0.15, 0.2) is 0 Å². The molecule has 0 atom stereocenters. The van der Waals surface area contributed by atoms with E-state index < -0.39 is 0 Å². The quantitative estimate of drug-likeness (QED) is 0.703. The molecule has 0 bridgehead atoms. The van der Waals surface area contributed by atoms with Crippen LogP contribution in [0.15, 0.2) is 0 Å². The van der Waals surface area contributed by atoms with E-state index in [1.54, 1.807) is 4.90 Å². The molecule has 1 aliphatic carbocycles. The fraction of sp³-hybridized carbons (Fsp3) is 0.846. The lowest BCUT2D eigenvalue weighted by atomic mass is 9.95. The van der Waals surface area contributed by atoms with Gasteiger partial charge in [0.05, 0.1) is 0 Å². The third kappa shape index (κ3) is 3.45. The van der Waals surface area contributed by atoms with E-state index in [2.05, 4.69) is 5.32 Å². The molecule has 4 heteroatoms. The molecule has 2 rings (SSSR count). The Morgan fingerprint density at radius 2 is 1.47 bits per heavy atom. The van der Waals surface area contributed by atoms with E-state index in [1.807, 2.05) is 0 Å². The van der Waals surface area contributed by atoms with Gasteiger partial charge in [-0.05, 0) is 32.1 Å². The normalized spacial score (nSPS) is 22.2. The van der Waals surface area contributed by atoms with Gasteiger partial charge in [-0.3, -0.25) is 9.59 Å². The van der Waals surface area contributed by atoms with Crippen molar-refractivity contribution in [3.05, 3.63) is 0 Å². The van der Waals surface area contributed by atoms with Crippen LogP contribution in [0.3, 0.4) is 0 Å². The number of hydrogen-bond donors (Lipinski definition) is 1. The second kappa shape index (κ2) is 6.03. The highest BCUT2D eigenvalue weighted by molar-refractivity contribution is 6.35. The van der Waals surface area contributed by atoms with Crippen LogP contribution < -0.4 is 5.32 Å². The highest BCUT2D eigenvalue weighted by Gasteiger charge is 2.25. The Balaban J connectivity index is 1.79. The van der Waals surface area contributed by atoms with Gasteiger partial charge < -0.3 is 10.2 Å². The molecule has 2 fully saturated rings. The molecule has 1 N–H and O–H groups in total. The van der Waals surface area contributed by atoms with Gasteiger partial charge in [0, 0.05) is 19.1 Å². The van der Waals surface area contributed by atoms with Crippen LogP contribution in [-0.2, 0) is 9.59 Å². The standard InChI is InChI=1S/C13H22N2O2/c16-12(14-11-7-3-1-4-8-11)13(17)15-9-5-2-6-10-15/h11H,1-10H2,(H,14,16). The van der Waals surface area contributed by atoms with Crippen molar-refractivity contribution in [1.29, 1.82) is 0 Å². The Hall–Kier alpha value is -1.06. The number of likely N-dealkylation sites (tertiary alicyclic amines) is 1. The molecule has 0 unspecified atom stereocenters. The van der Waals surface area contributed by atoms with Crippen molar-refractivity contribution in [2.24, 2.45) is 0 Å². The van der Waals surface area contributed by atoms with E-state index >= 15 is 0 Å². The first-order chi connectivity index (χ1) is 8.27. The molecular formula is C13H22N2O2. The SMILES string of the molecule is O=C(NC1CCCCC1)C(=O)N1CCCCC1. The number of amides is 2. The number of piperidine rings is 1. The third-order valence-electron chi connectivity index (χ3n) is 3.78. The van der Waals surface area contributed by atoms with E-state index in [1.165, 1.54) is 25.7 Å². The summed E-state index contributed by atoms with van der Waals surface area (Å²) in [5.74, 6) is -0.714. The Morgan fingerprint density at radius 1 is 0.882 bits per heavy atom. The van der Waals surface area contributed by atoms with Crippen molar-refractivity contribution in [3.63, 3.8) is 0 Å². The fourth-order valence-electron chi connectivity index (χ4n) is 2.73. The number of rotatable bonds is 1. The van der Waals surface area contributed by atoms with Crippen LogP contribution in [0.2, 0.25) is 0 Å². The fourth-order valence-corrected chi connectivity index (χ4v) is 2.73. The molecule has 1 saturated heterocycles. The minimum absolute atomic E-state index is 0.227. The maximum absolute atomic E-state index is 11.9. The van der Waals surface area contributed by atoms with Crippen LogP contribution in [0.5, 0.6) is 0 Å². The summed E-state index contributed by atoms with van der Waals surface area (Å²) in [6.07, 6.45) is 8.88. The molecule has 0 aromatic carbocycles. The van der Waals surface area contributed by atoms with E-state index in [4.69, 9.17) is 0 Å². The van der Waals surface area contributed by atoms with Crippen molar-refractivity contribution in [2.45, 2.75) is 57.4 Å². The van der Waals surface area contributed by atoms with Gasteiger partial charge >= 0.3 is 11.8 Å². The minimum atomic E-state index is -0.390. The summed E-state index contributed by atoms with van der Waals surface area (Å²) in [6.45, 7) is 1.49. The lowest BCUT2D eigenvalue weighted by Crippen LogP contribution is -2.48. The van der Waals surface area contributed by atoms with Crippen molar-refractivity contribution < 1.29 is 9.59 Å². The van der Waals surface area contributed by atoms with Crippen molar-refractivity contribution in [1.82, 2.24) is 10.2 Å². The lowest BCUT2D eigenvalue weighted by molar-refractivity contribution is -0.146. The first kappa shape index (κ1) is 12.4. The molecule has 0 radical (unpaired) electrons. The van der Waals surface area contributed by atoms with E-state index in [0.29, 0.717) is 0 Å². The average Bonchev–Trinajstić information content (AvgIpc) is 2.40. The van der Waals surface area contributed by atoms with Gasteiger partial charge in [-0.1, -0.05) is 19.3 Å². The summed E-state index contributed by atoms with van der Waals surface area (Å²) in [6, 6.07) is 0.227. The smallest absolute Gasteiger partial charge is 0.311 e. The molecule has 2 amide bonds. The Kier molecular flexibility index (Phi) is 4.40. The van der Waals surface area contributed by atoms with Gasteiger partial charge in [0.2, 0.25) is 0 Å². The van der Waals surface area contributed by atoms with Gasteiger partial charge in [-0.15, -0.1) is 0 Å². The Labute approximate surface area is 103 Å². The summed E-state index contributed by atoms with van der Waals surface area (Å²) in [4.78, 5) is 25.4.